The van der Waals surface area contributed by atoms with Crippen LogP contribution in [0.5, 0.6) is 0 Å². The summed E-state index contributed by atoms with van der Waals surface area (Å²) in [5, 5.41) is 0. The number of imidazole rings is 1. The second kappa shape index (κ2) is 9.54. The molecular weight excluding hydrogens is 440 g/mol. The minimum Gasteiger partial charge on any atom is -0.340 e. The molecule has 0 saturated carbocycles. The molecule has 2 aromatic heterocycles. The van der Waals surface area contributed by atoms with E-state index in [1.807, 2.05) is 10.6 Å². The monoisotopic (exact) mass is 472 g/mol. The predicted molar refractivity (Wildman–Crippen MR) is 139 cm³/mol. The molecule has 1 fully saturated rings. The lowest BCUT2D eigenvalue weighted by molar-refractivity contribution is 0.259. The molecule has 0 amide bonds. The molecule has 8 heteroatoms. The molecule has 1 aliphatic rings. The molecule has 0 aliphatic carbocycles. The minimum absolute atomic E-state index is 0.395. The Morgan fingerprint density at radius 2 is 1.71 bits per heavy atom. The second-order valence-corrected chi connectivity index (χ2v) is 9.48. The maximum Gasteiger partial charge on any atom is 0.329 e. The number of benzene rings is 2. The van der Waals surface area contributed by atoms with Crippen molar-refractivity contribution >= 4 is 17.1 Å². The molecule has 0 spiro atoms. The number of aromatic nitrogens is 4. The smallest absolute Gasteiger partial charge is 0.329 e. The molecule has 0 radical (unpaired) electrons. The molecule has 182 valence electrons. The van der Waals surface area contributed by atoms with Gasteiger partial charge in [-0.1, -0.05) is 54.1 Å². The van der Waals surface area contributed by atoms with Gasteiger partial charge in [-0.2, -0.15) is 4.98 Å². The number of nitrogens with zero attached hydrogens (tertiary/aromatic N) is 5. The summed E-state index contributed by atoms with van der Waals surface area (Å²) in [6, 6.07) is 16.9. The van der Waals surface area contributed by atoms with Crippen LogP contribution in [0.1, 0.15) is 22.3 Å². The van der Waals surface area contributed by atoms with E-state index >= 15 is 0 Å². The van der Waals surface area contributed by atoms with Crippen LogP contribution in [0.3, 0.4) is 0 Å². The van der Waals surface area contributed by atoms with E-state index in [0.29, 0.717) is 17.7 Å². The fourth-order valence-corrected chi connectivity index (χ4v) is 4.86. The van der Waals surface area contributed by atoms with Crippen molar-refractivity contribution in [3.63, 3.8) is 0 Å². The van der Waals surface area contributed by atoms with E-state index in [1.54, 1.807) is 7.05 Å². The van der Waals surface area contributed by atoms with Crippen molar-refractivity contribution < 1.29 is 0 Å². The van der Waals surface area contributed by atoms with E-state index in [0.717, 1.165) is 56.2 Å². The summed E-state index contributed by atoms with van der Waals surface area (Å²) >= 11 is 0. The van der Waals surface area contributed by atoms with Gasteiger partial charge in [0.25, 0.3) is 5.56 Å². The molecule has 2 aromatic carbocycles. The van der Waals surface area contributed by atoms with Gasteiger partial charge in [0.1, 0.15) is 0 Å². The van der Waals surface area contributed by atoms with Crippen molar-refractivity contribution in [3.05, 3.63) is 91.6 Å². The zero-order valence-corrected chi connectivity index (χ0v) is 20.6. The SMILES string of the molecule is Cc1ccc(C)c(Cn2c(N3CCN(CCc4ccccc4)CC3)nc3c2c(=O)[nH]c(=O)n3C)c1. The number of anilines is 1. The molecule has 1 aliphatic heterocycles. The number of hydrogen-bond donors (Lipinski definition) is 1. The Hall–Kier alpha value is -3.65. The highest BCUT2D eigenvalue weighted by atomic mass is 16.2. The fraction of sp³-hybridized carbons (Fsp3) is 0.370. The summed E-state index contributed by atoms with van der Waals surface area (Å²) in [7, 11) is 1.65. The third-order valence-corrected chi connectivity index (χ3v) is 7.03. The highest BCUT2D eigenvalue weighted by Crippen LogP contribution is 2.24. The zero-order chi connectivity index (χ0) is 24.5. The van der Waals surface area contributed by atoms with Crippen molar-refractivity contribution in [3.8, 4) is 0 Å². The topological polar surface area (TPSA) is 79.2 Å². The Morgan fingerprint density at radius 3 is 2.46 bits per heavy atom. The summed E-state index contributed by atoms with van der Waals surface area (Å²) in [5.41, 5.74) is 4.84. The number of hydrogen-bond acceptors (Lipinski definition) is 5. The fourth-order valence-electron chi connectivity index (χ4n) is 4.86. The minimum atomic E-state index is -0.448. The number of fused-ring (bicyclic) bond motifs is 1. The zero-order valence-electron chi connectivity index (χ0n) is 20.6. The molecular formula is C27H32N6O2. The highest BCUT2D eigenvalue weighted by Gasteiger charge is 2.25. The molecule has 0 bridgehead atoms. The first-order valence-corrected chi connectivity index (χ1v) is 12.2. The molecule has 4 aromatic rings. The number of H-pyrrole nitrogens is 1. The molecule has 3 heterocycles. The van der Waals surface area contributed by atoms with Gasteiger partial charge in [-0.15, -0.1) is 0 Å². The predicted octanol–water partition coefficient (Wildman–Crippen LogP) is 2.45. The van der Waals surface area contributed by atoms with Gasteiger partial charge < -0.3 is 4.90 Å². The third-order valence-electron chi connectivity index (χ3n) is 7.03. The van der Waals surface area contributed by atoms with Crippen LogP contribution < -0.4 is 16.1 Å². The van der Waals surface area contributed by atoms with Gasteiger partial charge >= 0.3 is 5.69 Å². The summed E-state index contributed by atoms with van der Waals surface area (Å²) in [6.45, 7) is 9.18. The van der Waals surface area contributed by atoms with E-state index in [-0.39, 0.29) is 0 Å². The van der Waals surface area contributed by atoms with Gasteiger partial charge in [0.05, 0.1) is 6.54 Å². The van der Waals surface area contributed by atoms with Gasteiger partial charge in [-0.3, -0.25) is 23.8 Å². The molecule has 35 heavy (non-hydrogen) atoms. The van der Waals surface area contributed by atoms with Crippen LogP contribution in [0.2, 0.25) is 0 Å². The highest BCUT2D eigenvalue weighted by molar-refractivity contribution is 5.74. The molecule has 5 rings (SSSR count). The van der Waals surface area contributed by atoms with Gasteiger partial charge in [-0.25, -0.2) is 4.79 Å². The summed E-state index contributed by atoms with van der Waals surface area (Å²) in [5.74, 6) is 0.746. The van der Waals surface area contributed by atoms with Gasteiger partial charge in [0.15, 0.2) is 11.2 Å². The maximum absolute atomic E-state index is 12.9. The van der Waals surface area contributed by atoms with E-state index in [2.05, 4.69) is 71.1 Å². The lowest BCUT2D eigenvalue weighted by Crippen LogP contribution is -2.47. The van der Waals surface area contributed by atoms with Crippen molar-refractivity contribution in [2.45, 2.75) is 26.8 Å². The first kappa shape index (κ1) is 23.1. The van der Waals surface area contributed by atoms with Crippen molar-refractivity contribution in [1.82, 2.24) is 24.0 Å². The number of aryl methyl sites for hydroxylation is 3. The van der Waals surface area contributed by atoms with Crippen molar-refractivity contribution in [2.24, 2.45) is 7.05 Å². The number of piperazine rings is 1. The van der Waals surface area contributed by atoms with Crippen LogP contribution in [0, 0.1) is 13.8 Å². The molecule has 0 atom stereocenters. The van der Waals surface area contributed by atoms with E-state index in [4.69, 9.17) is 4.98 Å². The standard InChI is InChI=1S/C27H32N6O2/c1-19-9-10-20(2)22(17-19)18-33-23-24(30(3)27(35)29-25(23)34)28-26(33)32-15-13-31(14-16-32)12-11-21-7-5-4-6-8-21/h4-10,17H,11-16,18H2,1-3H3,(H,29,34,35). The molecule has 1 saturated heterocycles. The second-order valence-electron chi connectivity index (χ2n) is 9.48. The first-order valence-electron chi connectivity index (χ1n) is 12.2. The number of nitrogens with one attached hydrogen (secondary N) is 1. The van der Waals surface area contributed by atoms with Crippen LogP contribution in [-0.2, 0) is 20.0 Å². The van der Waals surface area contributed by atoms with E-state index in [9.17, 15) is 9.59 Å². The average molecular weight is 473 g/mol. The normalized spacial score (nSPS) is 14.7. The third kappa shape index (κ3) is 4.66. The number of aromatic amines is 1. The molecule has 0 unspecified atom stereocenters. The maximum atomic E-state index is 12.9. The quantitative estimate of drug-likeness (QED) is 0.466. The molecule has 8 nitrogen and oxygen atoms in total. The Morgan fingerprint density at radius 1 is 0.971 bits per heavy atom. The van der Waals surface area contributed by atoms with E-state index in [1.165, 1.54) is 15.7 Å². The van der Waals surface area contributed by atoms with Crippen LogP contribution in [-0.4, -0.2) is 56.7 Å². The molecule has 1 N–H and O–H groups in total. The van der Waals surface area contributed by atoms with Crippen LogP contribution in [0.25, 0.3) is 11.2 Å². The first-order chi connectivity index (χ1) is 16.9. The van der Waals surface area contributed by atoms with Crippen LogP contribution in [0.15, 0.2) is 58.1 Å². The van der Waals surface area contributed by atoms with Gasteiger partial charge in [0, 0.05) is 39.8 Å². The van der Waals surface area contributed by atoms with Gasteiger partial charge in [0.2, 0.25) is 5.95 Å². The Kier molecular flexibility index (Phi) is 6.30. The van der Waals surface area contributed by atoms with Gasteiger partial charge in [-0.05, 0) is 37.0 Å². The number of rotatable bonds is 6. The Labute approximate surface area is 204 Å². The Balaban J connectivity index is 1.44. The lowest BCUT2D eigenvalue weighted by Gasteiger charge is -2.35. The largest absolute Gasteiger partial charge is 0.340 e. The van der Waals surface area contributed by atoms with Crippen LogP contribution >= 0.6 is 0 Å². The summed E-state index contributed by atoms with van der Waals surface area (Å²) < 4.78 is 3.41. The van der Waals surface area contributed by atoms with Crippen LogP contribution in [0.4, 0.5) is 5.95 Å². The Bertz CT molecular complexity index is 1460. The summed E-state index contributed by atoms with van der Waals surface area (Å²) in [4.78, 5) is 37.2. The van der Waals surface area contributed by atoms with E-state index < -0.39 is 11.2 Å². The van der Waals surface area contributed by atoms with Crippen molar-refractivity contribution in [1.29, 1.82) is 0 Å². The van der Waals surface area contributed by atoms with Crippen molar-refractivity contribution in [2.75, 3.05) is 37.6 Å². The average Bonchev–Trinajstić information content (AvgIpc) is 3.24. The lowest BCUT2D eigenvalue weighted by atomic mass is 10.1. The summed E-state index contributed by atoms with van der Waals surface area (Å²) in [6.07, 6.45) is 1.03.